The van der Waals surface area contributed by atoms with Crippen molar-refractivity contribution < 1.29 is 9.18 Å². The molecular formula is C8H7BrClFN2O. The Kier molecular flexibility index (Phi) is 3.71. The van der Waals surface area contributed by atoms with Crippen LogP contribution in [0.25, 0.3) is 0 Å². The molecule has 0 aliphatic rings. The predicted octanol–water partition coefficient (Wildman–Crippen LogP) is 2.99. The Morgan fingerprint density at radius 1 is 1.57 bits per heavy atom. The number of halogens is 3. The first-order chi connectivity index (χ1) is 6.56. The summed E-state index contributed by atoms with van der Waals surface area (Å²) in [5.74, 6) is -0.662. The number of anilines is 1. The van der Waals surface area contributed by atoms with Gasteiger partial charge in [0.2, 0.25) is 0 Å². The molecule has 0 fully saturated rings. The van der Waals surface area contributed by atoms with E-state index in [2.05, 4.69) is 26.6 Å². The molecule has 0 atom stereocenters. The molecule has 0 saturated carbocycles. The van der Waals surface area contributed by atoms with Gasteiger partial charge in [-0.05, 0) is 28.1 Å². The molecule has 14 heavy (non-hydrogen) atoms. The Bertz CT molecular complexity index is 373. The number of urea groups is 1. The SMILES string of the molecule is CNC(=O)Nc1ccc(Br)c(Cl)c1F. The van der Waals surface area contributed by atoms with Gasteiger partial charge in [-0.15, -0.1) is 0 Å². The molecule has 0 heterocycles. The van der Waals surface area contributed by atoms with Crippen LogP contribution in [0.2, 0.25) is 5.02 Å². The Morgan fingerprint density at radius 2 is 2.21 bits per heavy atom. The molecule has 2 amide bonds. The van der Waals surface area contributed by atoms with Crippen molar-refractivity contribution in [3.05, 3.63) is 27.4 Å². The third kappa shape index (κ3) is 2.36. The summed E-state index contributed by atoms with van der Waals surface area (Å²) >= 11 is 8.68. The molecular weight excluding hydrogens is 274 g/mol. The van der Waals surface area contributed by atoms with Crippen molar-refractivity contribution in [3.8, 4) is 0 Å². The van der Waals surface area contributed by atoms with Crippen LogP contribution in [0.4, 0.5) is 14.9 Å². The van der Waals surface area contributed by atoms with Crippen molar-refractivity contribution in [3.63, 3.8) is 0 Å². The maximum atomic E-state index is 13.4. The summed E-state index contributed by atoms with van der Waals surface area (Å²) in [6.45, 7) is 0. The van der Waals surface area contributed by atoms with Gasteiger partial charge in [-0.25, -0.2) is 9.18 Å². The lowest BCUT2D eigenvalue weighted by molar-refractivity contribution is 0.254. The molecule has 6 heteroatoms. The predicted molar refractivity (Wildman–Crippen MR) is 57.2 cm³/mol. The van der Waals surface area contributed by atoms with Gasteiger partial charge in [0.15, 0.2) is 5.82 Å². The number of benzene rings is 1. The monoisotopic (exact) mass is 280 g/mol. The van der Waals surface area contributed by atoms with Gasteiger partial charge in [0.25, 0.3) is 0 Å². The van der Waals surface area contributed by atoms with Crippen LogP contribution in [0, 0.1) is 5.82 Å². The molecule has 0 aliphatic carbocycles. The Morgan fingerprint density at radius 3 is 2.79 bits per heavy atom. The van der Waals surface area contributed by atoms with Crippen LogP contribution in [0.5, 0.6) is 0 Å². The van der Waals surface area contributed by atoms with Gasteiger partial charge < -0.3 is 10.6 Å². The summed E-state index contributed by atoms with van der Waals surface area (Å²) in [4.78, 5) is 10.9. The average molecular weight is 282 g/mol. The summed E-state index contributed by atoms with van der Waals surface area (Å²) < 4.78 is 13.8. The van der Waals surface area contributed by atoms with Crippen molar-refractivity contribution in [2.75, 3.05) is 12.4 Å². The lowest BCUT2D eigenvalue weighted by atomic mass is 10.3. The van der Waals surface area contributed by atoms with Crippen LogP contribution in [0.1, 0.15) is 0 Å². The highest BCUT2D eigenvalue weighted by Crippen LogP contribution is 2.29. The van der Waals surface area contributed by atoms with E-state index in [9.17, 15) is 9.18 Å². The van der Waals surface area contributed by atoms with E-state index in [-0.39, 0.29) is 10.7 Å². The zero-order valence-corrected chi connectivity index (χ0v) is 9.54. The van der Waals surface area contributed by atoms with Crippen molar-refractivity contribution >= 4 is 39.2 Å². The minimum atomic E-state index is -0.662. The molecule has 0 spiro atoms. The summed E-state index contributed by atoms with van der Waals surface area (Å²) in [5, 5.41) is 4.54. The summed E-state index contributed by atoms with van der Waals surface area (Å²) in [6, 6.07) is 2.47. The normalized spacial score (nSPS) is 9.71. The second-order valence-electron chi connectivity index (χ2n) is 2.43. The number of rotatable bonds is 1. The van der Waals surface area contributed by atoms with Crippen LogP contribution >= 0.6 is 27.5 Å². The van der Waals surface area contributed by atoms with E-state index in [0.29, 0.717) is 4.47 Å². The fourth-order valence-electron chi connectivity index (χ4n) is 0.807. The van der Waals surface area contributed by atoms with E-state index in [1.807, 2.05) is 0 Å². The first-order valence-corrected chi connectivity index (χ1v) is 4.85. The van der Waals surface area contributed by atoms with Gasteiger partial charge >= 0.3 is 6.03 Å². The molecule has 0 aliphatic heterocycles. The number of carbonyl (C=O) groups is 1. The fraction of sp³-hybridized carbons (Fsp3) is 0.125. The number of nitrogens with one attached hydrogen (secondary N) is 2. The molecule has 76 valence electrons. The lowest BCUT2D eigenvalue weighted by Crippen LogP contribution is -2.25. The highest BCUT2D eigenvalue weighted by Gasteiger charge is 2.11. The van der Waals surface area contributed by atoms with Crippen LogP contribution in [-0.2, 0) is 0 Å². The van der Waals surface area contributed by atoms with Crippen molar-refractivity contribution in [1.29, 1.82) is 0 Å². The zero-order valence-electron chi connectivity index (χ0n) is 7.20. The van der Waals surface area contributed by atoms with Crippen molar-refractivity contribution in [2.24, 2.45) is 0 Å². The smallest absolute Gasteiger partial charge is 0.319 e. The van der Waals surface area contributed by atoms with E-state index < -0.39 is 11.8 Å². The van der Waals surface area contributed by atoms with Crippen LogP contribution in [0.3, 0.4) is 0 Å². The molecule has 0 unspecified atom stereocenters. The molecule has 0 aromatic heterocycles. The summed E-state index contributed by atoms with van der Waals surface area (Å²) in [5.41, 5.74) is 0.0394. The van der Waals surface area contributed by atoms with Crippen LogP contribution in [0.15, 0.2) is 16.6 Å². The van der Waals surface area contributed by atoms with E-state index in [1.54, 1.807) is 6.07 Å². The molecule has 1 rings (SSSR count). The first kappa shape index (κ1) is 11.3. The average Bonchev–Trinajstić information content (AvgIpc) is 2.19. The topological polar surface area (TPSA) is 41.1 Å². The maximum absolute atomic E-state index is 13.4. The maximum Gasteiger partial charge on any atom is 0.319 e. The van der Waals surface area contributed by atoms with E-state index >= 15 is 0 Å². The minimum absolute atomic E-state index is 0.0394. The molecule has 2 N–H and O–H groups in total. The van der Waals surface area contributed by atoms with Gasteiger partial charge in [0.05, 0.1) is 10.7 Å². The highest BCUT2D eigenvalue weighted by molar-refractivity contribution is 9.10. The Balaban J connectivity index is 3.00. The van der Waals surface area contributed by atoms with Gasteiger partial charge in [-0.1, -0.05) is 11.6 Å². The molecule has 0 radical (unpaired) electrons. The molecule has 1 aromatic carbocycles. The Hall–Kier alpha value is -0.810. The van der Waals surface area contributed by atoms with Crippen molar-refractivity contribution in [2.45, 2.75) is 0 Å². The van der Waals surface area contributed by atoms with E-state index in [4.69, 9.17) is 11.6 Å². The largest absolute Gasteiger partial charge is 0.341 e. The number of amides is 2. The van der Waals surface area contributed by atoms with Crippen LogP contribution in [-0.4, -0.2) is 13.1 Å². The molecule has 0 bridgehead atoms. The zero-order chi connectivity index (χ0) is 10.7. The third-order valence-electron chi connectivity index (χ3n) is 1.51. The second kappa shape index (κ2) is 4.61. The standard InChI is InChI=1S/C8H7BrClFN2O/c1-12-8(14)13-5-3-2-4(9)6(10)7(5)11/h2-3H,1H3,(H2,12,13,14). The molecule has 1 aromatic rings. The number of carbonyl (C=O) groups excluding carboxylic acids is 1. The number of hydrogen-bond donors (Lipinski definition) is 2. The third-order valence-corrected chi connectivity index (χ3v) is 2.77. The lowest BCUT2D eigenvalue weighted by Gasteiger charge is -2.07. The fourth-order valence-corrected chi connectivity index (χ4v) is 1.28. The molecule has 0 saturated heterocycles. The highest BCUT2D eigenvalue weighted by atomic mass is 79.9. The second-order valence-corrected chi connectivity index (χ2v) is 3.66. The summed E-state index contributed by atoms with van der Waals surface area (Å²) in [6.07, 6.45) is 0. The van der Waals surface area contributed by atoms with Gasteiger partial charge in [-0.2, -0.15) is 0 Å². The summed E-state index contributed by atoms with van der Waals surface area (Å²) in [7, 11) is 1.44. The van der Waals surface area contributed by atoms with Gasteiger partial charge in [-0.3, -0.25) is 0 Å². The molecule has 3 nitrogen and oxygen atoms in total. The minimum Gasteiger partial charge on any atom is -0.341 e. The van der Waals surface area contributed by atoms with E-state index in [0.717, 1.165) is 0 Å². The number of hydrogen-bond acceptors (Lipinski definition) is 1. The Labute approximate surface area is 93.8 Å². The van der Waals surface area contributed by atoms with Gasteiger partial charge in [0.1, 0.15) is 0 Å². The first-order valence-electron chi connectivity index (χ1n) is 3.68. The van der Waals surface area contributed by atoms with Gasteiger partial charge in [0, 0.05) is 11.5 Å². The quantitative estimate of drug-likeness (QED) is 0.763. The van der Waals surface area contributed by atoms with E-state index in [1.165, 1.54) is 13.1 Å². The van der Waals surface area contributed by atoms with Crippen LogP contribution < -0.4 is 10.6 Å². The van der Waals surface area contributed by atoms with Crippen molar-refractivity contribution in [1.82, 2.24) is 5.32 Å².